The summed E-state index contributed by atoms with van der Waals surface area (Å²) >= 11 is 3.20. The van der Waals surface area contributed by atoms with Crippen molar-refractivity contribution in [2.45, 2.75) is 10.6 Å². The molecule has 0 bridgehead atoms. The van der Waals surface area contributed by atoms with E-state index < -0.39 is 21.4 Å². The zero-order chi connectivity index (χ0) is 15.6. The van der Waals surface area contributed by atoms with Crippen LogP contribution in [0.15, 0.2) is 45.8 Å². The van der Waals surface area contributed by atoms with E-state index in [2.05, 4.69) is 15.9 Å². The van der Waals surface area contributed by atoms with Gasteiger partial charge in [0.15, 0.2) is 9.84 Å². The number of benzene rings is 2. The fraction of sp³-hybridized carbons (Fsp3) is 0.143. The number of nitrogen functional groups attached to an aromatic ring is 1. The lowest BCUT2D eigenvalue weighted by Gasteiger charge is -2.11. The molecule has 0 aliphatic carbocycles. The number of sulfone groups is 1. The molecule has 2 rings (SSSR count). The van der Waals surface area contributed by atoms with E-state index >= 15 is 0 Å². The molecule has 2 N–H and O–H groups in total. The van der Waals surface area contributed by atoms with Gasteiger partial charge in [-0.2, -0.15) is 0 Å². The van der Waals surface area contributed by atoms with Crippen molar-refractivity contribution in [3.63, 3.8) is 0 Å². The first-order valence-electron chi connectivity index (χ1n) is 5.93. The van der Waals surface area contributed by atoms with Crippen LogP contribution >= 0.6 is 15.9 Å². The molecule has 0 heterocycles. The monoisotopic (exact) mass is 373 g/mol. The third-order valence-electron chi connectivity index (χ3n) is 2.88. The molecule has 2 aromatic rings. The summed E-state index contributed by atoms with van der Waals surface area (Å²) in [5.41, 5.74) is 6.08. The van der Waals surface area contributed by atoms with Crippen molar-refractivity contribution in [3.05, 3.63) is 52.3 Å². The average Bonchev–Trinajstić information content (AvgIpc) is 2.42. The molecule has 0 spiro atoms. The Morgan fingerprint density at radius 3 is 2.62 bits per heavy atom. The minimum Gasteiger partial charge on any atom is -0.495 e. The second kappa shape index (κ2) is 6.03. The molecule has 0 saturated heterocycles. The van der Waals surface area contributed by atoms with Gasteiger partial charge in [0.05, 0.1) is 12.9 Å². The molecule has 0 radical (unpaired) electrons. The van der Waals surface area contributed by atoms with Gasteiger partial charge in [0.25, 0.3) is 0 Å². The molecule has 0 amide bonds. The smallest absolute Gasteiger partial charge is 0.186 e. The number of methoxy groups -OCH3 is 1. The number of rotatable bonds is 4. The Balaban J connectivity index is 2.46. The van der Waals surface area contributed by atoms with Crippen LogP contribution in [0.1, 0.15) is 5.56 Å². The molecular formula is C14H13BrFNO3S. The van der Waals surface area contributed by atoms with Crippen LogP contribution in [-0.2, 0) is 15.6 Å². The maximum Gasteiger partial charge on any atom is 0.186 e. The molecule has 0 fully saturated rings. The van der Waals surface area contributed by atoms with Crippen LogP contribution < -0.4 is 10.5 Å². The molecular weight excluding hydrogens is 361 g/mol. The van der Waals surface area contributed by atoms with E-state index in [1.165, 1.54) is 43.5 Å². The summed E-state index contributed by atoms with van der Waals surface area (Å²) in [4.78, 5) is -0.0152. The lowest BCUT2D eigenvalue weighted by Crippen LogP contribution is -2.08. The van der Waals surface area contributed by atoms with Crippen molar-refractivity contribution in [2.75, 3.05) is 12.8 Å². The first-order valence-corrected chi connectivity index (χ1v) is 8.38. The number of hydrogen-bond donors (Lipinski definition) is 1. The van der Waals surface area contributed by atoms with Gasteiger partial charge in [-0.05, 0) is 30.3 Å². The van der Waals surface area contributed by atoms with E-state index in [1.54, 1.807) is 0 Å². The summed E-state index contributed by atoms with van der Waals surface area (Å²) in [5, 5.41) is 0. The fourth-order valence-corrected chi connectivity index (χ4v) is 3.80. The van der Waals surface area contributed by atoms with E-state index in [4.69, 9.17) is 10.5 Å². The summed E-state index contributed by atoms with van der Waals surface area (Å²) in [7, 11) is -2.40. The topological polar surface area (TPSA) is 69.4 Å². The summed E-state index contributed by atoms with van der Waals surface area (Å²) in [6.45, 7) is 0. The molecule has 0 aliphatic heterocycles. The molecule has 4 nitrogen and oxygen atoms in total. The number of ether oxygens (including phenoxy) is 1. The van der Waals surface area contributed by atoms with Gasteiger partial charge in [0.1, 0.15) is 16.5 Å². The Bertz CT molecular complexity index is 778. The van der Waals surface area contributed by atoms with E-state index in [0.717, 1.165) is 0 Å². The predicted octanol–water partition coefficient (Wildman–Crippen LogP) is 3.15. The maximum atomic E-state index is 13.7. The Kier molecular flexibility index (Phi) is 4.53. The Morgan fingerprint density at radius 2 is 1.95 bits per heavy atom. The highest BCUT2D eigenvalue weighted by molar-refractivity contribution is 9.10. The van der Waals surface area contributed by atoms with Crippen molar-refractivity contribution < 1.29 is 17.5 Å². The highest BCUT2D eigenvalue weighted by Gasteiger charge is 2.22. The number of nitrogens with two attached hydrogens (primary N) is 1. The first-order chi connectivity index (χ1) is 9.83. The molecule has 0 saturated carbocycles. The molecule has 0 atom stereocenters. The van der Waals surface area contributed by atoms with Gasteiger partial charge >= 0.3 is 0 Å². The van der Waals surface area contributed by atoms with Crippen molar-refractivity contribution in [1.29, 1.82) is 0 Å². The van der Waals surface area contributed by atoms with Crippen LogP contribution in [0.3, 0.4) is 0 Å². The third kappa shape index (κ3) is 3.54. The Hall–Kier alpha value is -1.60. The number of hydrogen-bond acceptors (Lipinski definition) is 4. The highest BCUT2D eigenvalue weighted by Crippen LogP contribution is 2.29. The van der Waals surface area contributed by atoms with Crippen LogP contribution in [-0.4, -0.2) is 15.5 Å². The molecule has 0 unspecified atom stereocenters. The van der Waals surface area contributed by atoms with E-state index in [0.29, 0.717) is 10.2 Å². The van der Waals surface area contributed by atoms with Gasteiger partial charge in [-0.3, -0.25) is 0 Å². The Morgan fingerprint density at radius 1 is 1.24 bits per heavy atom. The van der Waals surface area contributed by atoms with Crippen LogP contribution in [0.25, 0.3) is 0 Å². The van der Waals surface area contributed by atoms with Gasteiger partial charge in [-0.1, -0.05) is 15.9 Å². The molecule has 21 heavy (non-hydrogen) atoms. The summed E-state index contributed by atoms with van der Waals surface area (Å²) < 4.78 is 44.3. The molecule has 7 heteroatoms. The van der Waals surface area contributed by atoms with Crippen molar-refractivity contribution in [2.24, 2.45) is 0 Å². The van der Waals surface area contributed by atoms with Crippen LogP contribution in [0, 0.1) is 5.82 Å². The third-order valence-corrected chi connectivity index (χ3v) is 5.07. The minimum atomic E-state index is -3.75. The first kappa shape index (κ1) is 15.8. The average molecular weight is 374 g/mol. The van der Waals surface area contributed by atoms with Gasteiger partial charge in [-0.25, -0.2) is 12.8 Å². The van der Waals surface area contributed by atoms with Crippen LogP contribution in [0.4, 0.5) is 10.1 Å². The maximum absolute atomic E-state index is 13.7. The van der Waals surface area contributed by atoms with Crippen molar-refractivity contribution in [1.82, 2.24) is 0 Å². The molecule has 2 aromatic carbocycles. The van der Waals surface area contributed by atoms with Crippen LogP contribution in [0.5, 0.6) is 5.75 Å². The van der Waals surface area contributed by atoms with Crippen molar-refractivity contribution >= 4 is 31.5 Å². The van der Waals surface area contributed by atoms with Gasteiger partial charge < -0.3 is 10.5 Å². The highest BCUT2D eigenvalue weighted by atomic mass is 79.9. The standard InChI is InChI=1S/C14H13BrFNO3S/c1-20-13-7-11(17)3-5-14(13)21(18,19)8-9-6-10(15)2-4-12(9)16/h2-7H,8,17H2,1H3. The van der Waals surface area contributed by atoms with Crippen LogP contribution in [0.2, 0.25) is 0 Å². The van der Waals surface area contributed by atoms with E-state index in [1.807, 2.05) is 0 Å². The zero-order valence-electron chi connectivity index (χ0n) is 11.1. The molecule has 0 aromatic heterocycles. The lowest BCUT2D eigenvalue weighted by molar-refractivity contribution is 0.403. The largest absolute Gasteiger partial charge is 0.495 e. The number of anilines is 1. The lowest BCUT2D eigenvalue weighted by atomic mass is 10.2. The normalized spacial score (nSPS) is 11.4. The minimum absolute atomic E-state index is 0.0152. The number of halogens is 2. The second-order valence-electron chi connectivity index (χ2n) is 4.41. The summed E-state index contributed by atoms with van der Waals surface area (Å²) in [5.74, 6) is -0.889. The zero-order valence-corrected chi connectivity index (χ0v) is 13.5. The molecule has 0 aliphatic rings. The predicted molar refractivity (Wildman–Crippen MR) is 82.4 cm³/mol. The molecule has 112 valence electrons. The Labute approximate surface area is 130 Å². The van der Waals surface area contributed by atoms with Gasteiger partial charge in [-0.15, -0.1) is 0 Å². The summed E-state index contributed by atoms with van der Waals surface area (Å²) in [6.07, 6.45) is 0. The second-order valence-corrected chi connectivity index (χ2v) is 7.28. The van der Waals surface area contributed by atoms with Crippen molar-refractivity contribution in [3.8, 4) is 5.75 Å². The summed E-state index contributed by atoms with van der Waals surface area (Å²) in [6, 6.07) is 8.41. The fourth-order valence-electron chi connectivity index (χ4n) is 1.88. The quantitative estimate of drug-likeness (QED) is 0.835. The SMILES string of the molecule is COc1cc(N)ccc1S(=O)(=O)Cc1cc(Br)ccc1F. The van der Waals surface area contributed by atoms with E-state index in [-0.39, 0.29) is 16.2 Å². The van der Waals surface area contributed by atoms with Gasteiger partial charge in [0.2, 0.25) is 0 Å². The van der Waals surface area contributed by atoms with E-state index in [9.17, 15) is 12.8 Å². The van der Waals surface area contributed by atoms with Gasteiger partial charge in [0, 0.05) is 21.8 Å².